The highest BCUT2D eigenvalue weighted by Gasteiger charge is 2.37. The summed E-state index contributed by atoms with van der Waals surface area (Å²) in [5.74, 6) is 0.887. The summed E-state index contributed by atoms with van der Waals surface area (Å²) in [5.41, 5.74) is 0.745. The van der Waals surface area contributed by atoms with Gasteiger partial charge in [-0.3, -0.25) is 9.69 Å². The molecule has 0 aliphatic carbocycles. The van der Waals surface area contributed by atoms with Crippen molar-refractivity contribution >= 4 is 12.0 Å². The molecule has 1 saturated heterocycles. The van der Waals surface area contributed by atoms with Gasteiger partial charge in [-0.05, 0) is 25.1 Å². The minimum atomic E-state index is -0.775. The molecule has 0 bridgehead atoms. The van der Waals surface area contributed by atoms with Gasteiger partial charge >= 0.3 is 5.97 Å². The van der Waals surface area contributed by atoms with Crippen molar-refractivity contribution in [1.29, 1.82) is 0 Å². The molecule has 1 aromatic rings. The quantitative estimate of drug-likeness (QED) is 0.925. The lowest BCUT2D eigenvalue weighted by atomic mass is 9.88. The van der Waals surface area contributed by atoms with Gasteiger partial charge in [-0.2, -0.15) is 0 Å². The molecule has 1 fully saturated rings. The van der Waals surface area contributed by atoms with Crippen LogP contribution < -0.4 is 9.47 Å². The van der Waals surface area contributed by atoms with Crippen LogP contribution >= 0.6 is 0 Å². The number of fused-ring (bicyclic) bond motifs is 1. The van der Waals surface area contributed by atoms with Gasteiger partial charge in [0.25, 0.3) is 0 Å². The van der Waals surface area contributed by atoms with Crippen LogP contribution in [-0.4, -0.2) is 47.8 Å². The van der Waals surface area contributed by atoms with E-state index in [2.05, 4.69) is 12.2 Å². The van der Waals surface area contributed by atoms with E-state index in [0.29, 0.717) is 6.61 Å². The molecule has 0 atom stereocenters. The zero-order valence-electron chi connectivity index (χ0n) is 12.7. The van der Waals surface area contributed by atoms with E-state index < -0.39 is 5.97 Å². The number of piperidine rings is 1. The van der Waals surface area contributed by atoms with Crippen LogP contribution in [-0.2, 0) is 4.79 Å². The Morgan fingerprint density at radius 1 is 1.41 bits per heavy atom. The molecule has 5 nitrogen and oxygen atoms in total. The van der Waals surface area contributed by atoms with Gasteiger partial charge in [-0.25, -0.2) is 0 Å². The van der Waals surface area contributed by atoms with Gasteiger partial charge in [-0.1, -0.05) is 6.08 Å². The van der Waals surface area contributed by atoms with Crippen molar-refractivity contribution < 1.29 is 19.4 Å². The highest BCUT2D eigenvalue weighted by atomic mass is 16.5. The first-order valence-corrected chi connectivity index (χ1v) is 7.69. The van der Waals surface area contributed by atoms with Crippen molar-refractivity contribution in [3.05, 3.63) is 29.8 Å². The van der Waals surface area contributed by atoms with Crippen LogP contribution in [0.3, 0.4) is 0 Å². The SMILES string of the molecule is CCOc1ccc2c(c1)OC1(C=C2)CCN(CC(=O)O)CC1. The molecule has 1 aromatic carbocycles. The standard InChI is InChI=1S/C17H21NO4/c1-2-21-14-4-3-13-5-6-17(22-15(13)11-14)7-9-18(10-8-17)12-16(19)20/h3-6,11H,2,7-10,12H2,1H3,(H,19,20). The molecule has 22 heavy (non-hydrogen) atoms. The number of likely N-dealkylation sites (tertiary alicyclic amines) is 1. The van der Waals surface area contributed by atoms with Gasteiger partial charge in [-0.15, -0.1) is 0 Å². The Labute approximate surface area is 130 Å². The van der Waals surface area contributed by atoms with Gasteiger partial charge in [0.2, 0.25) is 0 Å². The van der Waals surface area contributed by atoms with Crippen LogP contribution in [0.4, 0.5) is 0 Å². The van der Waals surface area contributed by atoms with E-state index >= 15 is 0 Å². The first-order chi connectivity index (χ1) is 10.6. The number of carboxylic acid groups (broad SMARTS) is 1. The monoisotopic (exact) mass is 303 g/mol. The zero-order chi connectivity index (χ0) is 15.6. The number of carbonyl (C=O) groups is 1. The van der Waals surface area contributed by atoms with Crippen LogP contribution in [0.25, 0.3) is 6.08 Å². The molecular formula is C17H21NO4. The largest absolute Gasteiger partial charge is 0.494 e. The maximum absolute atomic E-state index is 10.8. The van der Waals surface area contributed by atoms with Gasteiger partial charge in [0.05, 0.1) is 13.2 Å². The molecule has 118 valence electrons. The second-order valence-corrected chi connectivity index (χ2v) is 5.80. The number of carboxylic acids is 1. The summed E-state index contributed by atoms with van der Waals surface area (Å²) in [6.07, 6.45) is 5.82. The van der Waals surface area contributed by atoms with Crippen LogP contribution in [0.1, 0.15) is 25.3 Å². The van der Waals surface area contributed by atoms with Crippen molar-refractivity contribution in [2.45, 2.75) is 25.4 Å². The first-order valence-electron chi connectivity index (χ1n) is 7.69. The van der Waals surface area contributed by atoms with Crippen LogP contribution in [0.5, 0.6) is 11.5 Å². The number of nitrogens with zero attached hydrogens (tertiary/aromatic N) is 1. The molecule has 0 radical (unpaired) electrons. The molecule has 2 aliphatic heterocycles. The van der Waals surface area contributed by atoms with Crippen molar-refractivity contribution in [3.63, 3.8) is 0 Å². The van der Waals surface area contributed by atoms with Crippen molar-refractivity contribution in [3.8, 4) is 11.5 Å². The van der Waals surface area contributed by atoms with Gasteiger partial charge < -0.3 is 14.6 Å². The third-order valence-corrected chi connectivity index (χ3v) is 4.24. The van der Waals surface area contributed by atoms with Gasteiger partial charge in [0.1, 0.15) is 17.1 Å². The van der Waals surface area contributed by atoms with Gasteiger partial charge in [0, 0.05) is 37.6 Å². The fourth-order valence-electron chi connectivity index (χ4n) is 3.04. The Balaban J connectivity index is 1.71. The number of benzene rings is 1. The lowest BCUT2D eigenvalue weighted by molar-refractivity contribution is -0.139. The summed E-state index contributed by atoms with van der Waals surface area (Å²) in [6, 6.07) is 5.89. The smallest absolute Gasteiger partial charge is 0.317 e. The predicted octanol–water partition coefficient (Wildman–Crippen LogP) is 2.41. The average molecular weight is 303 g/mol. The second kappa shape index (κ2) is 6.01. The molecule has 2 aliphatic rings. The summed E-state index contributed by atoms with van der Waals surface area (Å²) in [7, 11) is 0. The minimum absolute atomic E-state index is 0.102. The van der Waals surface area contributed by atoms with Gasteiger partial charge in [0.15, 0.2) is 0 Å². The Morgan fingerprint density at radius 2 is 2.18 bits per heavy atom. The van der Waals surface area contributed by atoms with Crippen LogP contribution in [0.15, 0.2) is 24.3 Å². The number of aliphatic carboxylic acids is 1. The highest BCUT2D eigenvalue weighted by molar-refractivity contribution is 5.69. The summed E-state index contributed by atoms with van der Waals surface area (Å²) in [6.45, 7) is 4.16. The Hall–Kier alpha value is -2.01. The maximum atomic E-state index is 10.8. The van der Waals surface area contributed by atoms with E-state index in [0.717, 1.165) is 43.0 Å². The maximum Gasteiger partial charge on any atom is 0.317 e. The third kappa shape index (κ3) is 3.09. The lowest BCUT2D eigenvalue weighted by Gasteiger charge is -2.41. The Bertz CT molecular complexity index is 588. The normalized spacial score (nSPS) is 19.5. The fraction of sp³-hybridized carbons (Fsp3) is 0.471. The number of ether oxygens (including phenoxy) is 2. The second-order valence-electron chi connectivity index (χ2n) is 5.80. The average Bonchev–Trinajstić information content (AvgIpc) is 2.49. The molecule has 2 heterocycles. The fourth-order valence-corrected chi connectivity index (χ4v) is 3.04. The molecule has 0 unspecified atom stereocenters. The summed E-state index contributed by atoms with van der Waals surface area (Å²) >= 11 is 0. The molecule has 5 heteroatoms. The van der Waals surface area contributed by atoms with Crippen molar-refractivity contribution in [2.24, 2.45) is 0 Å². The molecule has 1 spiro atoms. The zero-order valence-corrected chi connectivity index (χ0v) is 12.7. The number of hydrogen-bond acceptors (Lipinski definition) is 4. The molecule has 1 N–H and O–H groups in total. The van der Waals surface area contributed by atoms with E-state index in [1.807, 2.05) is 30.0 Å². The summed E-state index contributed by atoms with van der Waals surface area (Å²) < 4.78 is 11.8. The molecular weight excluding hydrogens is 282 g/mol. The first kappa shape index (κ1) is 14.9. The van der Waals surface area contributed by atoms with Crippen LogP contribution in [0, 0.1) is 0 Å². The van der Waals surface area contributed by atoms with Crippen molar-refractivity contribution in [1.82, 2.24) is 4.90 Å². The number of hydrogen-bond donors (Lipinski definition) is 1. The van der Waals surface area contributed by atoms with E-state index in [-0.39, 0.29) is 12.1 Å². The van der Waals surface area contributed by atoms with Crippen molar-refractivity contribution in [2.75, 3.05) is 26.2 Å². The topological polar surface area (TPSA) is 59.0 Å². The highest BCUT2D eigenvalue weighted by Crippen LogP contribution is 2.38. The Morgan fingerprint density at radius 3 is 2.86 bits per heavy atom. The molecule has 0 amide bonds. The van der Waals surface area contributed by atoms with E-state index in [1.165, 1.54) is 0 Å². The lowest BCUT2D eigenvalue weighted by Crippen LogP contribution is -2.48. The predicted molar refractivity (Wildman–Crippen MR) is 83.3 cm³/mol. The van der Waals surface area contributed by atoms with Crippen LogP contribution in [0.2, 0.25) is 0 Å². The molecule has 3 rings (SSSR count). The van der Waals surface area contributed by atoms with E-state index in [4.69, 9.17) is 14.6 Å². The third-order valence-electron chi connectivity index (χ3n) is 4.24. The van der Waals surface area contributed by atoms with E-state index in [1.54, 1.807) is 0 Å². The Kier molecular flexibility index (Phi) is 4.07. The van der Waals surface area contributed by atoms with E-state index in [9.17, 15) is 4.79 Å². The molecule has 0 aromatic heterocycles. The minimum Gasteiger partial charge on any atom is -0.494 e. The summed E-state index contributed by atoms with van der Waals surface area (Å²) in [5, 5.41) is 8.88. The summed E-state index contributed by atoms with van der Waals surface area (Å²) in [4.78, 5) is 12.8. The molecule has 0 saturated carbocycles. The number of rotatable bonds is 4.